The summed E-state index contributed by atoms with van der Waals surface area (Å²) < 4.78 is 11.0. The second kappa shape index (κ2) is 9.37. The highest BCUT2D eigenvalue weighted by molar-refractivity contribution is 5.81. The van der Waals surface area contributed by atoms with Crippen LogP contribution in [0.1, 0.15) is 32.3 Å². The van der Waals surface area contributed by atoms with Gasteiger partial charge in [0.05, 0.1) is 0 Å². The lowest BCUT2D eigenvalue weighted by atomic mass is 10.2. The third kappa shape index (κ3) is 6.06. The van der Waals surface area contributed by atoms with Gasteiger partial charge >= 0.3 is 0 Å². The molecule has 20 heavy (non-hydrogen) atoms. The lowest BCUT2D eigenvalue weighted by Crippen LogP contribution is -2.38. The quantitative estimate of drug-likeness (QED) is 0.707. The Morgan fingerprint density at radius 3 is 2.80 bits per heavy atom. The van der Waals surface area contributed by atoms with Gasteiger partial charge in [-0.1, -0.05) is 19.1 Å². The molecule has 1 rings (SSSR count). The molecule has 1 atom stereocenters. The van der Waals surface area contributed by atoms with Crippen molar-refractivity contribution in [2.24, 2.45) is 0 Å². The predicted molar refractivity (Wildman–Crippen MR) is 80.0 cm³/mol. The molecule has 0 fully saturated rings. The van der Waals surface area contributed by atoms with Crippen LogP contribution in [-0.4, -0.2) is 31.8 Å². The Morgan fingerprint density at radius 1 is 1.35 bits per heavy atom. The van der Waals surface area contributed by atoms with Crippen molar-refractivity contribution in [3.8, 4) is 5.75 Å². The van der Waals surface area contributed by atoms with E-state index in [0.29, 0.717) is 26.2 Å². The number of hydrogen-bond donors (Lipinski definition) is 1. The van der Waals surface area contributed by atoms with Crippen LogP contribution in [0.3, 0.4) is 0 Å². The van der Waals surface area contributed by atoms with Crippen LogP contribution in [0.15, 0.2) is 24.3 Å². The summed E-state index contributed by atoms with van der Waals surface area (Å²) in [4.78, 5) is 12.0. The summed E-state index contributed by atoms with van der Waals surface area (Å²) in [6.07, 6.45) is 1.02. The molecule has 0 aliphatic heterocycles. The fraction of sp³-hybridized carbons (Fsp3) is 0.562. The summed E-state index contributed by atoms with van der Waals surface area (Å²) in [5.41, 5.74) is 1.12. The van der Waals surface area contributed by atoms with Gasteiger partial charge in [0.1, 0.15) is 5.75 Å². The average Bonchev–Trinajstić information content (AvgIpc) is 2.44. The largest absolute Gasteiger partial charge is 0.481 e. The van der Waals surface area contributed by atoms with Crippen LogP contribution >= 0.6 is 0 Å². The Morgan fingerprint density at radius 2 is 2.15 bits per heavy atom. The van der Waals surface area contributed by atoms with Crippen molar-refractivity contribution in [2.75, 3.05) is 19.8 Å². The second-order valence-electron chi connectivity index (χ2n) is 4.67. The van der Waals surface area contributed by atoms with Crippen molar-refractivity contribution >= 4 is 5.91 Å². The van der Waals surface area contributed by atoms with E-state index < -0.39 is 6.10 Å². The number of carbonyl (C=O) groups is 1. The Labute approximate surface area is 121 Å². The molecule has 1 aromatic rings. The topological polar surface area (TPSA) is 47.6 Å². The number of ether oxygens (including phenoxy) is 2. The third-order valence-electron chi connectivity index (χ3n) is 2.90. The van der Waals surface area contributed by atoms with Gasteiger partial charge in [0.15, 0.2) is 6.10 Å². The van der Waals surface area contributed by atoms with Gasteiger partial charge in [0, 0.05) is 19.8 Å². The molecule has 0 aromatic heterocycles. The van der Waals surface area contributed by atoms with Crippen LogP contribution in [0.4, 0.5) is 0 Å². The van der Waals surface area contributed by atoms with E-state index in [9.17, 15) is 4.79 Å². The van der Waals surface area contributed by atoms with Crippen molar-refractivity contribution < 1.29 is 14.3 Å². The molecule has 1 N–H and O–H groups in total. The fourth-order valence-corrected chi connectivity index (χ4v) is 1.82. The highest BCUT2D eigenvalue weighted by atomic mass is 16.5. The Hall–Kier alpha value is -1.55. The van der Waals surface area contributed by atoms with Gasteiger partial charge in [-0.2, -0.15) is 0 Å². The minimum absolute atomic E-state index is 0.0643. The fourth-order valence-electron chi connectivity index (χ4n) is 1.82. The number of carbonyl (C=O) groups excluding carboxylic acids is 1. The number of aryl methyl sites for hydroxylation is 1. The highest BCUT2D eigenvalue weighted by Gasteiger charge is 2.17. The van der Waals surface area contributed by atoms with Crippen LogP contribution in [0.25, 0.3) is 0 Å². The van der Waals surface area contributed by atoms with Crippen molar-refractivity contribution in [2.45, 2.75) is 39.7 Å². The van der Waals surface area contributed by atoms with E-state index in [2.05, 4.69) is 5.32 Å². The predicted octanol–water partition coefficient (Wildman–Crippen LogP) is 2.70. The lowest BCUT2D eigenvalue weighted by Gasteiger charge is -2.17. The second-order valence-corrected chi connectivity index (χ2v) is 4.67. The first-order chi connectivity index (χ1) is 9.67. The molecule has 0 radical (unpaired) electrons. The van der Waals surface area contributed by atoms with Gasteiger partial charge in [-0.25, -0.2) is 0 Å². The number of amides is 1. The van der Waals surface area contributed by atoms with Crippen molar-refractivity contribution in [1.29, 1.82) is 0 Å². The molecule has 4 nitrogen and oxygen atoms in total. The molecule has 4 heteroatoms. The van der Waals surface area contributed by atoms with Crippen molar-refractivity contribution in [3.63, 3.8) is 0 Å². The molecule has 112 valence electrons. The van der Waals surface area contributed by atoms with E-state index in [-0.39, 0.29) is 5.91 Å². The molecular weight excluding hydrogens is 254 g/mol. The minimum Gasteiger partial charge on any atom is -0.481 e. The molecule has 0 aliphatic carbocycles. The Kier molecular flexibility index (Phi) is 7.73. The van der Waals surface area contributed by atoms with E-state index in [4.69, 9.17) is 9.47 Å². The zero-order valence-electron chi connectivity index (χ0n) is 12.6. The molecule has 1 amide bonds. The van der Waals surface area contributed by atoms with E-state index in [1.807, 2.05) is 45.0 Å². The SMILES string of the molecule is CCOCCCNC(=O)[C@@H](CC)Oc1cccc(C)c1. The smallest absolute Gasteiger partial charge is 0.261 e. The van der Waals surface area contributed by atoms with E-state index in [0.717, 1.165) is 17.7 Å². The van der Waals surface area contributed by atoms with Crippen molar-refractivity contribution in [3.05, 3.63) is 29.8 Å². The Bertz CT molecular complexity index is 406. The summed E-state index contributed by atoms with van der Waals surface area (Å²) >= 11 is 0. The van der Waals surface area contributed by atoms with Crippen LogP contribution in [0.5, 0.6) is 5.75 Å². The number of benzene rings is 1. The highest BCUT2D eigenvalue weighted by Crippen LogP contribution is 2.15. The number of nitrogens with one attached hydrogen (secondary N) is 1. The first-order valence-electron chi connectivity index (χ1n) is 7.26. The molecule has 0 unspecified atom stereocenters. The van der Waals surface area contributed by atoms with Crippen LogP contribution in [0.2, 0.25) is 0 Å². The normalized spacial score (nSPS) is 11.9. The zero-order chi connectivity index (χ0) is 14.8. The molecule has 0 aliphatic rings. The number of hydrogen-bond acceptors (Lipinski definition) is 3. The van der Waals surface area contributed by atoms with Gasteiger partial charge in [-0.05, 0) is 44.4 Å². The molecule has 0 saturated carbocycles. The number of rotatable bonds is 9. The first kappa shape index (κ1) is 16.5. The van der Waals surface area contributed by atoms with Crippen LogP contribution in [-0.2, 0) is 9.53 Å². The molecule has 0 bridgehead atoms. The van der Waals surface area contributed by atoms with Crippen LogP contribution in [0, 0.1) is 6.92 Å². The van der Waals surface area contributed by atoms with E-state index >= 15 is 0 Å². The van der Waals surface area contributed by atoms with E-state index in [1.165, 1.54) is 0 Å². The summed E-state index contributed by atoms with van der Waals surface area (Å²) in [6, 6.07) is 7.74. The summed E-state index contributed by atoms with van der Waals surface area (Å²) in [6.45, 7) is 7.91. The third-order valence-corrected chi connectivity index (χ3v) is 2.90. The monoisotopic (exact) mass is 279 g/mol. The van der Waals surface area contributed by atoms with Gasteiger partial charge in [-0.3, -0.25) is 4.79 Å². The molecule has 1 aromatic carbocycles. The molecule has 0 spiro atoms. The summed E-state index contributed by atoms with van der Waals surface area (Å²) in [5, 5.41) is 2.88. The standard InChI is InChI=1S/C16H25NO3/c1-4-15(16(18)17-10-7-11-19-5-2)20-14-9-6-8-13(3)12-14/h6,8-9,12,15H,4-5,7,10-11H2,1-3H3,(H,17,18)/t15-/m1/s1. The van der Waals surface area contributed by atoms with E-state index in [1.54, 1.807) is 0 Å². The summed E-state index contributed by atoms with van der Waals surface area (Å²) in [7, 11) is 0. The lowest BCUT2D eigenvalue weighted by molar-refractivity contribution is -0.128. The maximum Gasteiger partial charge on any atom is 0.261 e. The van der Waals surface area contributed by atoms with Gasteiger partial charge in [0.25, 0.3) is 5.91 Å². The van der Waals surface area contributed by atoms with Crippen LogP contribution < -0.4 is 10.1 Å². The summed E-state index contributed by atoms with van der Waals surface area (Å²) in [5.74, 6) is 0.673. The maximum atomic E-state index is 12.0. The first-order valence-corrected chi connectivity index (χ1v) is 7.26. The van der Waals surface area contributed by atoms with Gasteiger partial charge < -0.3 is 14.8 Å². The Balaban J connectivity index is 2.39. The molecule has 0 heterocycles. The molecule has 0 saturated heterocycles. The van der Waals surface area contributed by atoms with Gasteiger partial charge in [-0.15, -0.1) is 0 Å². The average molecular weight is 279 g/mol. The van der Waals surface area contributed by atoms with Crippen molar-refractivity contribution in [1.82, 2.24) is 5.32 Å². The zero-order valence-corrected chi connectivity index (χ0v) is 12.6. The minimum atomic E-state index is -0.441. The molecular formula is C16H25NO3. The van der Waals surface area contributed by atoms with Gasteiger partial charge in [0.2, 0.25) is 0 Å². The maximum absolute atomic E-state index is 12.0.